The topological polar surface area (TPSA) is 48.1 Å². The average molecular weight is 458 g/mol. The van der Waals surface area contributed by atoms with Crippen LogP contribution in [0.1, 0.15) is 11.4 Å². The van der Waals surface area contributed by atoms with Crippen LogP contribution in [0.2, 0.25) is 0 Å². The van der Waals surface area contributed by atoms with Gasteiger partial charge in [0.15, 0.2) is 9.11 Å². The number of aromatic nitrogens is 4. The summed E-state index contributed by atoms with van der Waals surface area (Å²) in [5, 5.41) is 4.76. The van der Waals surface area contributed by atoms with Crippen molar-refractivity contribution < 1.29 is 4.74 Å². The predicted molar refractivity (Wildman–Crippen MR) is 126 cm³/mol. The number of nitrogens with zero attached hydrogens (tertiary/aromatic N) is 5. The molecule has 2 heterocycles. The summed E-state index contributed by atoms with van der Waals surface area (Å²) in [4.78, 5) is 6.87. The summed E-state index contributed by atoms with van der Waals surface area (Å²) in [6, 6.07) is 16.3. The van der Waals surface area contributed by atoms with Crippen LogP contribution in [-0.2, 0) is 26.0 Å². The summed E-state index contributed by atoms with van der Waals surface area (Å²) >= 11 is 9.02. The van der Waals surface area contributed by atoms with E-state index in [2.05, 4.69) is 29.1 Å². The molecular weight excluding hydrogens is 434 g/mol. The molecule has 30 heavy (non-hydrogen) atoms. The van der Waals surface area contributed by atoms with Gasteiger partial charge in [-0.15, -0.1) is 11.3 Å². The van der Waals surface area contributed by atoms with Gasteiger partial charge in [-0.25, -0.2) is 9.67 Å². The first kappa shape index (κ1) is 21.0. The van der Waals surface area contributed by atoms with Crippen molar-refractivity contribution in [1.82, 2.24) is 24.2 Å². The molecule has 0 aliphatic heterocycles. The third kappa shape index (κ3) is 4.75. The van der Waals surface area contributed by atoms with Gasteiger partial charge < -0.3 is 9.30 Å². The molecule has 156 valence electrons. The summed E-state index contributed by atoms with van der Waals surface area (Å²) in [5.41, 5.74) is 2.23. The Morgan fingerprint density at radius 3 is 2.83 bits per heavy atom. The highest BCUT2D eigenvalue weighted by Crippen LogP contribution is 2.31. The van der Waals surface area contributed by atoms with Gasteiger partial charge in [-0.3, -0.25) is 4.90 Å². The zero-order valence-electron chi connectivity index (χ0n) is 17.1. The Morgan fingerprint density at radius 1 is 1.20 bits per heavy atom. The summed E-state index contributed by atoms with van der Waals surface area (Å²) in [5.74, 6) is 2.54. The summed E-state index contributed by atoms with van der Waals surface area (Å²) < 4.78 is 12.1. The van der Waals surface area contributed by atoms with Crippen molar-refractivity contribution in [3.63, 3.8) is 0 Å². The fraction of sp³-hybridized carbons (Fsp3) is 0.286. The highest BCUT2D eigenvalue weighted by molar-refractivity contribution is 8.00. The first-order valence-electron chi connectivity index (χ1n) is 9.46. The lowest BCUT2D eigenvalue weighted by atomic mass is 10.2. The van der Waals surface area contributed by atoms with Gasteiger partial charge in [0, 0.05) is 13.6 Å². The van der Waals surface area contributed by atoms with Gasteiger partial charge in [0.25, 0.3) is 0 Å². The number of ether oxygens (including phenoxy) is 1. The second kappa shape index (κ2) is 9.30. The fourth-order valence-corrected chi connectivity index (χ4v) is 5.40. The van der Waals surface area contributed by atoms with Crippen LogP contribution in [0.25, 0.3) is 10.2 Å². The van der Waals surface area contributed by atoms with Crippen LogP contribution >= 0.6 is 35.3 Å². The normalized spacial score (nSPS) is 11.5. The molecule has 2 aromatic carbocycles. The number of fused-ring (bicyclic) bond motifs is 1. The van der Waals surface area contributed by atoms with E-state index in [9.17, 15) is 0 Å². The average Bonchev–Trinajstić information content (AvgIpc) is 3.28. The maximum Gasteiger partial charge on any atom is 0.198 e. The van der Waals surface area contributed by atoms with Crippen molar-refractivity contribution in [3.8, 4) is 5.75 Å². The van der Waals surface area contributed by atoms with Crippen molar-refractivity contribution in [2.45, 2.75) is 23.3 Å². The number of methoxy groups -OCH3 is 1. The molecule has 0 N–H and O–H groups in total. The van der Waals surface area contributed by atoms with Crippen molar-refractivity contribution in [1.29, 1.82) is 0 Å². The number of hydrogen-bond acceptors (Lipinski definition) is 7. The number of benzene rings is 2. The molecule has 0 spiro atoms. The standard InChI is InChI=1S/C21H23N5OS3/c1-24(12-15-7-6-8-16(11-15)27-3)14-26-21(28)25(2)19(23-26)13-29-20-22-17-9-4-5-10-18(17)30-20/h4-11H,12-14H2,1-3H3. The Kier molecular flexibility index (Phi) is 6.52. The number of para-hydroxylation sites is 1. The minimum absolute atomic E-state index is 0.621. The van der Waals surface area contributed by atoms with Crippen LogP contribution in [-0.4, -0.2) is 38.4 Å². The van der Waals surface area contributed by atoms with Crippen LogP contribution in [0.3, 0.4) is 0 Å². The SMILES string of the molecule is COc1cccc(CN(C)Cn2nc(CSc3nc4ccccc4s3)n(C)c2=S)c1. The van der Waals surface area contributed by atoms with Crippen molar-refractivity contribution in [3.05, 3.63) is 64.7 Å². The van der Waals surface area contributed by atoms with Crippen LogP contribution in [0.5, 0.6) is 5.75 Å². The van der Waals surface area contributed by atoms with Crippen LogP contribution in [0, 0.1) is 4.77 Å². The van der Waals surface area contributed by atoms with Gasteiger partial charge in [0.2, 0.25) is 0 Å². The zero-order chi connectivity index (χ0) is 21.1. The molecule has 0 radical (unpaired) electrons. The molecule has 0 unspecified atom stereocenters. The molecule has 0 aliphatic rings. The Morgan fingerprint density at radius 2 is 2.03 bits per heavy atom. The van der Waals surface area contributed by atoms with Gasteiger partial charge in [-0.05, 0) is 49.1 Å². The molecule has 0 saturated heterocycles. The van der Waals surface area contributed by atoms with E-state index in [-0.39, 0.29) is 0 Å². The largest absolute Gasteiger partial charge is 0.497 e. The van der Waals surface area contributed by atoms with Crippen molar-refractivity contribution in [2.75, 3.05) is 14.2 Å². The number of thioether (sulfide) groups is 1. The molecule has 2 aromatic heterocycles. The maximum absolute atomic E-state index is 5.61. The third-order valence-electron chi connectivity index (χ3n) is 4.69. The number of hydrogen-bond donors (Lipinski definition) is 0. The van der Waals surface area contributed by atoms with Crippen LogP contribution in [0.15, 0.2) is 52.9 Å². The molecular formula is C21H23N5OS3. The summed E-state index contributed by atoms with van der Waals surface area (Å²) in [7, 11) is 5.72. The van der Waals surface area contributed by atoms with Crippen molar-refractivity contribution >= 4 is 45.5 Å². The molecule has 0 bridgehead atoms. The van der Waals surface area contributed by atoms with Gasteiger partial charge in [0.1, 0.15) is 11.6 Å². The predicted octanol–water partition coefficient (Wildman–Crippen LogP) is 4.95. The molecule has 4 rings (SSSR count). The molecule has 4 aromatic rings. The smallest absolute Gasteiger partial charge is 0.198 e. The maximum atomic E-state index is 5.61. The monoisotopic (exact) mass is 457 g/mol. The highest BCUT2D eigenvalue weighted by Gasteiger charge is 2.12. The van der Waals surface area contributed by atoms with Gasteiger partial charge >= 0.3 is 0 Å². The lowest BCUT2D eigenvalue weighted by Crippen LogP contribution is -2.22. The Hall–Kier alpha value is -2.20. The third-order valence-corrected chi connectivity index (χ3v) is 7.35. The summed E-state index contributed by atoms with van der Waals surface area (Å²) in [6.07, 6.45) is 0. The Labute approximate surface area is 189 Å². The first-order chi connectivity index (χ1) is 14.5. The molecule has 0 amide bonds. The second-order valence-corrected chi connectivity index (χ2v) is 9.62. The first-order valence-corrected chi connectivity index (χ1v) is 11.7. The quantitative estimate of drug-likeness (QED) is 0.276. The van der Waals surface area contributed by atoms with E-state index < -0.39 is 0 Å². The van der Waals surface area contributed by atoms with E-state index in [0.717, 1.165) is 33.7 Å². The molecule has 9 heteroatoms. The van der Waals surface area contributed by atoms with E-state index in [1.54, 1.807) is 30.2 Å². The fourth-order valence-electron chi connectivity index (χ4n) is 3.15. The van der Waals surface area contributed by atoms with Gasteiger partial charge in [-0.2, -0.15) is 5.10 Å². The van der Waals surface area contributed by atoms with Gasteiger partial charge in [0.05, 0.1) is 29.7 Å². The minimum atomic E-state index is 0.621. The Balaban J connectivity index is 1.42. The lowest BCUT2D eigenvalue weighted by molar-refractivity contribution is 0.243. The lowest BCUT2D eigenvalue weighted by Gasteiger charge is -2.16. The van der Waals surface area contributed by atoms with E-state index in [1.807, 2.05) is 52.7 Å². The molecule has 0 atom stereocenters. The van der Waals surface area contributed by atoms with Crippen LogP contribution < -0.4 is 4.74 Å². The van der Waals surface area contributed by atoms with Gasteiger partial charge in [-0.1, -0.05) is 36.0 Å². The highest BCUT2D eigenvalue weighted by atomic mass is 32.2. The Bertz CT molecular complexity index is 1180. The zero-order valence-corrected chi connectivity index (χ0v) is 19.6. The van der Waals surface area contributed by atoms with E-state index >= 15 is 0 Å². The number of thiazole rings is 1. The molecule has 0 aliphatic carbocycles. The van der Waals surface area contributed by atoms with E-state index in [4.69, 9.17) is 22.1 Å². The van der Waals surface area contributed by atoms with Crippen LogP contribution in [0.4, 0.5) is 0 Å². The molecule has 0 saturated carbocycles. The number of rotatable bonds is 8. The molecule has 6 nitrogen and oxygen atoms in total. The van der Waals surface area contributed by atoms with E-state index in [1.165, 1.54) is 10.3 Å². The van der Waals surface area contributed by atoms with E-state index in [0.29, 0.717) is 11.4 Å². The minimum Gasteiger partial charge on any atom is -0.497 e. The van der Waals surface area contributed by atoms with Crippen molar-refractivity contribution in [2.24, 2.45) is 7.05 Å². The second-order valence-electron chi connectivity index (χ2n) is 7.00. The summed E-state index contributed by atoms with van der Waals surface area (Å²) in [6.45, 7) is 1.40. The molecule has 0 fully saturated rings.